The number of nitro benzene ring substituents is 1. The summed E-state index contributed by atoms with van der Waals surface area (Å²) in [6, 6.07) is 10.1. The summed E-state index contributed by atoms with van der Waals surface area (Å²) in [5.74, 6) is 0.0287. The number of sulfonamides is 1. The monoisotopic (exact) mass is 448 g/mol. The zero-order valence-corrected chi connectivity index (χ0v) is 17.4. The van der Waals surface area contributed by atoms with E-state index in [1.165, 1.54) is 37.4 Å². The Labute approximate surface area is 175 Å². The van der Waals surface area contributed by atoms with Crippen LogP contribution in [0.4, 0.5) is 10.8 Å². The van der Waals surface area contributed by atoms with Crippen LogP contribution < -0.4 is 14.8 Å². The Hall–Kier alpha value is -3.35. The second-order valence-corrected chi connectivity index (χ2v) is 8.85. The van der Waals surface area contributed by atoms with Crippen molar-refractivity contribution in [1.29, 1.82) is 0 Å². The Balaban J connectivity index is 1.84. The van der Waals surface area contributed by atoms with E-state index in [-0.39, 0.29) is 16.6 Å². The summed E-state index contributed by atoms with van der Waals surface area (Å²) < 4.78 is 31.5. The minimum absolute atomic E-state index is 0.0893. The third-order valence-corrected chi connectivity index (χ3v) is 6.24. The number of rotatable bonds is 7. The van der Waals surface area contributed by atoms with Crippen molar-refractivity contribution >= 4 is 38.1 Å². The average molecular weight is 448 g/mol. The molecule has 3 aromatic rings. The first-order chi connectivity index (χ1) is 14.2. The van der Waals surface area contributed by atoms with Gasteiger partial charge in [-0.05, 0) is 49.0 Å². The minimum atomic E-state index is -3.83. The van der Waals surface area contributed by atoms with Gasteiger partial charge in [-0.3, -0.25) is 14.9 Å². The molecular weight excluding hydrogens is 432 g/mol. The number of carbonyl (C=O) groups excluding carboxylic acids is 1. The number of carbonyl (C=O) groups is 1. The van der Waals surface area contributed by atoms with Crippen molar-refractivity contribution in [3.63, 3.8) is 0 Å². The second-order valence-electron chi connectivity index (χ2n) is 5.93. The van der Waals surface area contributed by atoms with Crippen LogP contribution in [-0.2, 0) is 14.8 Å². The van der Waals surface area contributed by atoms with Crippen LogP contribution in [0.1, 0.15) is 6.92 Å². The van der Waals surface area contributed by atoms with Crippen LogP contribution >= 0.6 is 11.3 Å². The lowest BCUT2D eigenvalue weighted by Gasteiger charge is -2.09. The van der Waals surface area contributed by atoms with Gasteiger partial charge in [-0.25, -0.2) is 18.1 Å². The zero-order chi connectivity index (χ0) is 21.9. The molecule has 0 saturated heterocycles. The first-order valence-electron chi connectivity index (χ1n) is 8.43. The number of nitro groups is 1. The fourth-order valence-corrected chi connectivity index (χ4v) is 4.06. The predicted octanol–water partition coefficient (Wildman–Crippen LogP) is 3.38. The summed E-state index contributed by atoms with van der Waals surface area (Å²) in [4.78, 5) is 26.5. The van der Waals surface area contributed by atoms with E-state index in [4.69, 9.17) is 4.74 Å². The quantitative estimate of drug-likeness (QED) is 0.417. The summed E-state index contributed by atoms with van der Waals surface area (Å²) in [6.45, 7) is 1.40. The highest BCUT2D eigenvalue weighted by Crippen LogP contribution is 2.35. The van der Waals surface area contributed by atoms with Gasteiger partial charge in [0.05, 0.1) is 14.7 Å². The van der Waals surface area contributed by atoms with Gasteiger partial charge in [0, 0.05) is 19.2 Å². The molecule has 2 aromatic carbocycles. The fourth-order valence-electron chi connectivity index (χ4n) is 2.44. The number of ether oxygens (including phenoxy) is 1. The van der Waals surface area contributed by atoms with Crippen LogP contribution in [0.15, 0.2) is 53.6 Å². The van der Waals surface area contributed by atoms with Gasteiger partial charge in [-0.2, -0.15) is 0 Å². The number of hydrogen-bond acceptors (Lipinski definition) is 8. The van der Waals surface area contributed by atoms with E-state index in [2.05, 4.69) is 15.0 Å². The van der Waals surface area contributed by atoms with Crippen LogP contribution in [0.2, 0.25) is 0 Å². The van der Waals surface area contributed by atoms with Crippen LogP contribution in [0.3, 0.4) is 0 Å². The van der Waals surface area contributed by atoms with Crippen LogP contribution in [0, 0.1) is 10.1 Å². The molecule has 0 fully saturated rings. The van der Waals surface area contributed by atoms with Gasteiger partial charge < -0.3 is 10.1 Å². The number of hydrogen-bond donors (Lipinski definition) is 2. The molecule has 1 aromatic heterocycles. The molecule has 0 bridgehead atoms. The van der Waals surface area contributed by atoms with E-state index < -0.39 is 20.6 Å². The molecule has 30 heavy (non-hydrogen) atoms. The number of amides is 1. The Morgan fingerprint density at radius 2 is 1.90 bits per heavy atom. The number of thiazole rings is 1. The molecule has 0 aliphatic carbocycles. The van der Waals surface area contributed by atoms with Gasteiger partial charge in [0.2, 0.25) is 21.7 Å². The largest absolute Gasteiger partial charge is 0.450 e. The predicted molar refractivity (Wildman–Crippen MR) is 111 cm³/mol. The molecular formula is C18H16N4O6S2. The van der Waals surface area contributed by atoms with Crippen molar-refractivity contribution in [3.05, 3.63) is 58.8 Å². The Morgan fingerprint density at radius 1 is 1.20 bits per heavy atom. The highest BCUT2D eigenvalue weighted by Gasteiger charge is 2.22. The van der Waals surface area contributed by atoms with Gasteiger partial charge in [0.25, 0.3) is 0 Å². The maximum absolute atomic E-state index is 11.9. The van der Waals surface area contributed by atoms with Crippen molar-refractivity contribution < 1.29 is 22.9 Å². The maximum atomic E-state index is 11.9. The molecule has 0 aliphatic heterocycles. The third kappa shape index (κ3) is 4.79. The van der Waals surface area contributed by atoms with Gasteiger partial charge in [0.15, 0.2) is 5.13 Å². The first-order valence-corrected chi connectivity index (χ1v) is 10.7. The number of nitrogens with zero attached hydrogens (tertiary/aromatic N) is 2. The van der Waals surface area contributed by atoms with Crippen molar-refractivity contribution in [2.24, 2.45) is 0 Å². The first kappa shape index (κ1) is 21.4. The molecule has 12 heteroatoms. The number of benzene rings is 2. The van der Waals surface area contributed by atoms with Gasteiger partial charge >= 0.3 is 5.69 Å². The van der Waals surface area contributed by atoms with E-state index in [0.29, 0.717) is 10.9 Å². The maximum Gasteiger partial charge on any atom is 0.312 e. The smallest absolute Gasteiger partial charge is 0.312 e. The molecule has 1 amide bonds. The highest BCUT2D eigenvalue weighted by molar-refractivity contribution is 7.89. The van der Waals surface area contributed by atoms with Crippen molar-refractivity contribution in [2.75, 3.05) is 12.4 Å². The lowest BCUT2D eigenvalue weighted by Crippen LogP contribution is -2.18. The number of nitrogens with one attached hydrogen (secondary N) is 2. The lowest BCUT2D eigenvalue weighted by molar-refractivity contribution is -0.385. The molecule has 0 atom stereocenters. The average Bonchev–Trinajstić information content (AvgIpc) is 3.16. The second kappa shape index (κ2) is 8.57. The molecule has 156 valence electrons. The third-order valence-electron chi connectivity index (χ3n) is 3.86. The SMILES string of the molecule is CNS(=O)(=O)c1ccc(Oc2ccc(-c3cnc(NC(C)=O)s3)cc2)c([N+](=O)[O-])c1. The summed E-state index contributed by atoms with van der Waals surface area (Å²) in [6.07, 6.45) is 1.62. The van der Waals surface area contributed by atoms with Gasteiger partial charge in [0.1, 0.15) is 5.75 Å². The van der Waals surface area contributed by atoms with E-state index in [1.807, 2.05) is 0 Å². The fraction of sp³-hybridized carbons (Fsp3) is 0.111. The zero-order valence-electron chi connectivity index (χ0n) is 15.8. The summed E-state index contributed by atoms with van der Waals surface area (Å²) >= 11 is 1.30. The Morgan fingerprint density at radius 3 is 2.50 bits per heavy atom. The van der Waals surface area contributed by atoms with E-state index in [9.17, 15) is 23.3 Å². The standard InChI is InChI=1S/C18H16N4O6S2/c1-11(23)21-18-20-10-17(29-18)12-3-5-13(6-4-12)28-16-8-7-14(30(26,27)19-2)9-15(16)22(24)25/h3-10,19H,1-2H3,(H,20,21,23). The number of aromatic nitrogens is 1. The van der Waals surface area contributed by atoms with Crippen LogP contribution in [-0.4, -0.2) is 31.3 Å². The minimum Gasteiger partial charge on any atom is -0.450 e. The van der Waals surface area contributed by atoms with Crippen LogP contribution in [0.5, 0.6) is 11.5 Å². The van der Waals surface area contributed by atoms with Gasteiger partial charge in [-0.15, -0.1) is 0 Å². The van der Waals surface area contributed by atoms with Crippen molar-refractivity contribution in [3.8, 4) is 21.9 Å². The Bertz CT molecular complexity index is 1210. The topological polar surface area (TPSA) is 141 Å². The molecule has 0 spiro atoms. The normalized spacial score (nSPS) is 11.1. The molecule has 0 radical (unpaired) electrons. The van der Waals surface area contributed by atoms with E-state index in [0.717, 1.165) is 16.5 Å². The summed E-state index contributed by atoms with van der Waals surface area (Å²) in [5, 5.41) is 14.5. The molecule has 2 N–H and O–H groups in total. The van der Waals surface area contributed by atoms with E-state index >= 15 is 0 Å². The molecule has 10 nitrogen and oxygen atoms in total. The molecule has 0 saturated carbocycles. The number of anilines is 1. The van der Waals surface area contributed by atoms with Crippen molar-refractivity contribution in [1.82, 2.24) is 9.71 Å². The van der Waals surface area contributed by atoms with Crippen molar-refractivity contribution in [2.45, 2.75) is 11.8 Å². The van der Waals surface area contributed by atoms with E-state index in [1.54, 1.807) is 30.5 Å². The molecule has 0 unspecified atom stereocenters. The summed E-state index contributed by atoms with van der Waals surface area (Å²) in [7, 11) is -2.61. The Kier molecular flexibility index (Phi) is 6.10. The molecule has 1 heterocycles. The highest BCUT2D eigenvalue weighted by atomic mass is 32.2. The summed E-state index contributed by atoms with van der Waals surface area (Å²) in [5.41, 5.74) is 0.347. The lowest BCUT2D eigenvalue weighted by atomic mass is 10.2. The molecule has 0 aliphatic rings. The van der Waals surface area contributed by atoms with Crippen LogP contribution in [0.25, 0.3) is 10.4 Å². The molecule has 3 rings (SSSR count). The van der Waals surface area contributed by atoms with Gasteiger partial charge in [-0.1, -0.05) is 11.3 Å².